The predicted molar refractivity (Wildman–Crippen MR) is 149 cm³/mol. The van der Waals surface area contributed by atoms with Crippen LogP contribution in [0.1, 0.15) is 77.6 Å². The fourth-order valence-corrected chi connectivity index (χ4v) is 8.69. The number of aliphatic hydroxyl groups is 4. The molecule has 10 heteroatoms. The molecule has 0 aromatic heterocycles. The number of carbonyl (C=O) groups is 3. The van der Waals surface area contributed by atoms with E-state index >= 15 is 0 Å². The van der Waals surface area contributed by atoms with E-state index in [1.54, 1.807) is 58.0 Å². The fourth-order valence-electron chi connectivity index (χ4n) is 8.69. The van der Waals surface area contributed by atoms with Crippen LogP contribution in [0, 0.1) is 22.7 Å². The number of benzene rings is 1. The van der Waals surface area contributed by atoms with Crippen LogP contribution in [0.4, 0.5) is 0 Å². The molecule has 3 fully saturated rings. The maximum absolute atomic E-state index is 13.7. The van der Waals surface area contributed by atoms with Crippen molar-refractivity contribution in [1.82, 2.24) is 0 Å². The number of rotatable bonds is 4. The van der Waals surface area contributed by atoms with E-state index < -0.39 is 76.4 Å². The van der Waals surface area contributed by atoms with E-state index in [1.807, 2.05) is 0 Å². The first-order valence-electron chi connectivity index (χ1n) is 14.6. The maximum atomic E-state index is 13.7. The lowest BCUT2D eigenvalue weighted by Gasteiger charge is -2.69. The quantitative estimate of drug-likeness (QED) is 0.234. The minimum absolute atomic E-state index is 0.173. The van der Waals surface area contributed by atoms with E-state index in [0.717, 1.165) is 0 Å². The summed E-state index contributed by atoms with van der Waals surface area (Å²) in [7, 11) is 0. The van der Waals surface area contributed by atoms with Crippen LogP contribution in [0.2, 0.25) is 0 Å². The van der Waals surface area contributed by atoms with Gasteiger partial charge in [0.25, 0.3) is 0 Å². The van der Waals surface area contributed by atoms with E-state index in [2.05, 4.69) is 0 Å². The number of carbonyl (C=O) groups excluding carboxylic acids is 3. The average molecular weight is 587 g/mol. The van der Waals surface area contributed by atoms with Crippen LogP contribution >= 0.6 is 0 Å². The lowest BCUT2D eigenvalue weighted by Crippen LogP contribution is -2.79. The molecule has 230 valence electrons. The molecule has 42 heavy (non-hydrogen) atoms. The molecule has 0 aliphatic heterocycles. The number of hydrogen-bond donors (Lipinski definition) is 4. The molecular formula is C32H42O10. The molecule has 4 aliphatic carbocycles. The van der Waals surface area contributed by atoms with E-state index in [-0.39, 0.29) is 29.9 Å². The van der Waals surface area contributed by atoms with Gasteiger partial charge in [0, 0.05) is 42.9 Å². The van der Waals surface area contributed by atoms with E-state index in [0.29, 0.717) is 18.4 Å². The molecule has 0 saturated heterocycles. The van der Waals surface area contributed by atoms with Crippen LogP contribution in [0.3, 0.4) is 0 Å². The summed E-state index contributed by atoms with van der Waals surface area (Å²) >= 11 is 0. The van der Waals surface area contributed by atoms with Gasteiger partial charge in [-0.05, 0) is 49.5 Å². The third-order valence-corrected chi connectivity index (χ3v) is 11.0. The fraction of sp³-hybridized carbons (Fsp3) is 0.656. The van der Waals surface area contributed by atoms with Crippen molar-refractivity contribution in [2.24, 2.45) is 22.7 Å². The Balaban J connectivity index is 1.83. The molecule has 2 bridgehead atoms. The summed E-state index contributed by atoms with van der Waals surface area (Å²) in [6.07, 6.45) is -6.00. The lowest BCUT2D eigenvalue weighted by molar-refractivity contribution is -0.322. The Bertz CT molecular complexity index is 1310. The smallest absolute Gasteiger partial charge is 0.338 e. The zero-order chi connectivity index (χ0) is 31.0. The highest BCUT2D eigenvalue weighted by atomic mass is 16.6. The molecule has 10 nitrogen and oxygen atoms in total. The zero-order valence-corrected chi connectivity index (χ0v) is 25.0. The minimum Gasteiger partial charge on any atom is -0.458 e. The van der Waals surface area contributed by atoms with Crippen molar-refractivity contribution >= 4 is 17.9 Å². The van der Waals surface area contributed by atoms with Crippen molar-refractivity contribution in [3.05, 3.63) is 47.0 Å². The van der Waals surface area contributed by atoms with Gasteiger partial charge in [0.1, 0.15) is 23.4 Å². The van der Waals surface area contributed by atoms with E-state index in [1.165, 1.54) is 13.8 Å². The Labute approximate surface area is 245 Å². The first-order chi connectivity index (χ1) is 19.5. The second kappa shape index (κ2) is 10.1. The van der Waals surface area contributed by atoms with Crippen molar-refractivity contribution < 1.29 is 49.0 Å². The highest BCUT2D eigenvalue weighted by molar-refractivity contribution is 5.89. The van der Waals surface area contributed by atoms with Crippen molar-refractivity contribution in [3.8, 4) is 0 Å². The minimum atomic E-state index is -2.01. The monoisotopic (exact) mass is 586 g/mol. The predicted octanol–water partition coefficient (Wildman–Crippen LogP) is 2.46. The second-order valence-electron chi connectivity index (χ2n) is 13.4. The largest absolute Gasteiger partial charge is 0.458 e. The first-order valence-corrected chi connectivity index (χ1v) is 14.6. The van der Waals surface area contributed by atoms with Gasteiger partial charge in [-0.15, -0.1) is 0 Å². The summed E-state index contributed by atoms with van der Waals surface area (Å²) in [4.78, 5) is 38.8. The summed E-state index contributed by atoms with van der Waals surface area (Å²) in [6, 6.07) is 8.23. The highest BCUT2D eigenvalue weighted by Crippen LogP contribution is 2.68. The van der Waals surface area contributed by atoms with Gasteiger partial charge in [-0.3, -0.25) is 9.59 Å². The zero-order valence-electron chi connectivity index (χ0n) is 25.0. The summed E-state index contributed by atoms with van der Waals surface area (Å²) in [5.74, 6) is -3.54. The molecule has 0 unspecified atom stereocenters. The molecule has 10 atom stereocenters. The normalized spacial score (nSPS) is 42.1. The molecule has 5 rings (SSSR count). The molecule has 4 aliphatic rings. The average Bonchev–Trinajstić information content (AvgIpc) is 2.90. The van der Waals surface area contributed by atoms with Gasteiger partial charge in [-0.25, -0.2) is 4.79 Å². The Kier molecular flexibility index (Phi) is 7.41. The molecule has 0 radical (unpaired) electrons. The van der Waals surface area contributed by atoms with E-state index in [9.17, 15) is 34.8 Å². The highest BCUT2D eigenvalue weighted by Gasteiger charge is 2.77. The van der Waals surface area contributed by atoms with Crippen molar-refractivity contribution in [2.75, 3.05) is 0 Å². The van der Waals surface area contributed by atoms with Crippen LogP contribution in [0.5, 0.6) is 0 Å². The second-order valence-corrected chi connectivity index (χ2v) is 13.4. The standard InChI is InChI=1S/C32H42O10/c1-16-21(35)15-32(39)27(41-28(38)19-10-8-7-9-11-19)25-30(6,22(36)14-20-12-13-31(20,25)42-18(3)34)26(37)24(40-17(2)33)23(16)29(32,4)5/h7-11,20-22,24-27,35-37,39H,12-15H2,1-6H3/t20-,21+,22+,24+,25+,26+,27+,30-,31+,32-/m1/s1. The van der Waals surface area contributed by atoms with Crippen molar-refractivity contribution in [1.29, 1.82) is 0 Å². The maximum Gasteiger partial charge on any atom is 0.338 e. The molecule has 0 amide bonds. The van der Waals surface area contributed by atoms with Gasteiger partial charge >= 0.3 is 17.9 Å². The number of fused-ring (bicyclic) bond motifs is 5. The number of esters is 3. The lowest BCUT2D eigenvalue weighted by atomic mass is 9.40. The van der Waals surface area contributed by atoms with Gasteiger partial charge in [0.05, 0.1) is 17.8 Å². The van der Waals surface area contributed by atoms with Crippen LogP contribution in [0.25, 0.3) is 0 Å². The Morgan fingerprint density at radius 2 is 1.60 bits per heavy atom. The van der Waals surface area contributed by atoms with Crippen molar-refractivity contribution in [2.45, 2.75) is 109 Å². The molecule has 0 spiro atoms. The van der Waals surface area contributed by atoms with Crippen LogP contribution in [-0.4, -0.2) is 80.1 Å². The molecule has 4 N–H and O–H groups in total. The van der Waals surface area contributed by atoms with Gasteiger partial charge in [0.15, 0.2) is 6.10 Å². The Morgan fingerprint density at radius 3 is 2.14 bits per heavy atom. The first kappa shape index (κ1) is 30.7. The molecule has 3 saturated carbocycles. The van der Waals surface area contributed by atoms with Gasteiger partial charge in [-0.1, -0.05) is 39.0 Å². The molecule has 0 heterocycles. The van der Waals surface area contributed by atoms with Crippen LogP contribution in [-0.2, 0) is 23.8 Å². The third kappa shape index (κ3) is 4.17. The van der Waals surface area contributed by atoms with Crippen LogP contribution in [0.15, 0.2) is 41.5 Å². The number of ether oxygens (including phenoxy) is 3. The molecular weight excluding hydrogens is 544 g/mol. The van der Waals surface area contributed by atoms with Gasteiger partial charge in [0.2, 0.25) is 0 Å². The van der Waals surface area contributed by atoms with Crippen LogP contribution < -0.4 is 0 Å². The topological polar surface area (TPSA) is 160 Å². The summed E-state index contributed by atoms with van der Waals surface area (Å²) in [5, 5.41) is 48.4. The number of hydrogen-bond acceptors (Lipinski definition) is 10. The van der Waals surface area contributed by atoms with Gasteiger partial charge < -0.3 is 34.6 Å². The number of aliphatic hydroxyl groups excluding tert-OH is 3. The third-order valence-electron chi connectivity index (χ3n) is 11.0. The summed E-state index contributed by atoms with van der Waals surface area (Å²) in [6.45, 7) is 9.12. The molecule has 1 aromatic rings. The van der Waals surface area contributed by atoms with E-state index in [4.69, 9.17) is 14.2 Å². The summed E-state index contributed by atoms with van der Waals surface area (Å²) in [5.41, 5.74) is -5.35. The van der Waals surface area contributed by atoms with Gasteiger partial charge in [-0.2, -0.15) is 0 Å². The van der Waals surface area contributed by atoms with Crippen molar-refractivity contribution in [3.63, 3.8) is 0 Å². The SMILES string of the molecule is CC(=O)O[C@H]1C2=C(C)[C@@H](O)C[C@@](O)([C@@H](OC(=O)c3ccccc3)[C@@H]3[C@]4(OC(C)=O)CC[C@@H]4C[C@H](O)[C@@]3(C)[C@H]1O)C2(C)C. The Hall–Kier alpha value is -2.79. The Morgan fingerprint density at radius 1 is 0.952 bits per heavy atom. The molecule has 1 aromatic carbocycles. The summed E-state index contributed by atoms with van der Waals surface area (Å²) < 4.78 is 18.1.